The number of hydrogen-bond donors (Lipinski definition) is 0. The Labute approximate surface area is 72.3 Å². The van der Waals surface area contributed by atoms with Gasteiger partial charge in [-0.3, -0.25) is 4.79 Å². The Morgan fingerprint density at radius 2 is 1.83 bits per heavy atom. The summed E-state index contributed by atoms with van der Waals surface area (Å²) in [5.41, 5.74) is 0. The molecular weight excluding hydrogens is 154 g/mol. The van der Waals surface area contributed by atoms with Gasteiger partial charge in [0.05, 0.1) is 13.2 Å². The van der Waals surface area contributed by atoms with Crippen LogP contribution >= 0.6 is 0 Å². The molecule has 0 amide bonds. The molecule has 0 bridgehead atoms. The third kappa shape index (κ3) is 3.34. The molecule has 1 rings (SSSR count). The topological polar surface area (TPSA) is 29.5 Å². The standard InChI is InChI=1S/C9H13NO2/c11-7-3-1-2-4-10-5-8-12-9-6-10/h1-4,7H,5-6,8-9H2. The molecule has 1 fully saturated rings. The predicted octanol–water partition coefficient (Wildman–Crippen LogP) is 0.587. The second-order valence-electron chi connectivity index (χ2n) is 2.51. The average Bonchev–Trinajstić information content (AvgIpc) is 2.14. The summed E-state index contributed by atoms with van der Waals surface area (Å²) in [6, 6.07) is 0. The van der Waals surface area contributed by atoms with Gasteiger partial charge in [-0.25, -0.2) is 0 Å². The maximum Gasteiger partial charge on any atom is 0.142 e. The molecule has 0 aromatic heterocycles. The number of morpholine rings is 1. The molecule has 1 heterocycles. The van der Waals surface area contributed by atoms with Crippen molar-refractivity contribution in [2.45, 2.75) is 0 Å². The molecule has 12 heavy (non-hydrogen) atoms. The van der Waals surface area contributed by atoms with Crippen LogP contribution in [0.25, 0.3) is 0 Å². The fraction of sp³-hybridized carbons (Fsp3) is 0.444. The summed E-state index contributed by atoms with van der Waals surface area (Å²) in [5, 5.41) is 0. The predicted molar refractivity (Wildman–Crippen MR) is 46.7 cm³/mol. The van der Waals surface area contributed by atoms with Gasteiger partial charge in [0, 0.05) is 13.1 Å². The first-order valence-corrected chi connectivity index (χ1v) is 4.04. The van der Waals surface area contributed by atoms with E-state index in [9.17, 15) is 4.79 Å². The molecule has 1 aliphatic heterocycles. The van der Waals surface area contributed by atoms with E-state index in [1.54, 1.807) is 6.08 Å². The highest BCUT2D eigenvalue weighted by atomic mass is 16.5. The zero-order valence-electron chi connectivity index (χ0n) is 6.98. The molecule has 1 saturated heterocycles. The zero-order chi connectivity index (χ0) is 8.65. The van der Waals surface area contributed by atoms with Crippen molar-refractivity contribution in [1.29, 1.82) is 0 Å². The van der Waals surface area contributed by atoms with E-state index in [0.29, 0.717) is 0 Å². The number of carbonyl (C=O) groups excluding carboxylic acids is 1. The van der Waals surface area contributed by atoms with Gasteiger partial charge < -0.3 is 9.64 Å². The molecule has 0 N–H and O–H groups in total. The summed E-state index contributed by atoms with van der Waals surface area (Å²) in [4.78, 5) is 12.1. The third-order valence-corrected chi connectivity index (χ3v) is 1.64. The number of hydrogen-bond acceptors (Lipinski definition) is 3. The average molecular weight is 167 g/mol. The minimum absolute atomic E-state index is 0.768. The van der Waals surface area contributed by atoms with Gasteiger partial charge in [-0.15, -0.1) is 0 Å². The van der Waals surface area contributed by atoms with Crippen LogP contribution in [0.1, 0.15) is 0 Å². The fourth-order valence-electron chi connectivity index (χ4n) is 1.01. The first-order valence-electron chi connectivity index (χ1n) is 4.04. The Morgan fingerprint density at radius 1 is 1.08 bits per heavy atom. The van der Waals surface area contributed by atoms with Crippen LogP contribution in [-0.2, 0) is 9.53 Å². The SMILES string of the molecule is O=CC=CC=CN1CCOCC1. The zero-order valence-corrected chi connectivity index (χ0v) is 6.98. The quantitative estimate of drug-likeness (QED) is 0.350. The van der Waals surface area contributed by atoms with Crippen LogP contribution in [0.15, 0.2) is 24.4 Å². The van der Waals surface area contributed by atoms with Crippen molar-refractivity contribution in [2.75, 3.05) is 26.3 Å². The number of allylic oxidation sites excluding steroid dienone is 3. The van der Waals surface area contributed by atoms with E-state index in [1.165, 1.54) is 6.08 Å². The van der Waals surface area contributed by atoms with Crippen LogP contribution < -0.4 is 0 Å². The van der Waals surface area contributed by atoms with Crippen molar-refractivity contribution >= 4 is 6.29 Å². The van der Waals surface area contributed by atoms with Crippen molar-refractivity contribution < 1.29 is 9.53 Å². The lowest BCUT2D eigenvalue weighted by Gasteiger charge is -2.24. The Morgan fingerprint density at radius 3 is 2.50 bits per heavy atom. The molecule has 0 saturated carbocycles. The van der Waals surface area contributed by atoms with Gasteiger partial charge in [-0.1, -0.05) is 6.08 Å². The fourth-order valence-corrected chi connectivity index (χ4v) is 1.01. The highest BCUT2D eigenvalue weighted by Gasteiger charge is 2.03. The molecular formula is C9H13NO2. The van der Waals surface area contributed by atoms with E-state index in [-0.39, 0.29) is 0 Å². The van der Waals surface area contributed by atoms with E-state index in [0.717, 1.165) is 32.6 Å². The van der Waals surface area contributed by atoms with Crippen LogP contribution in [0.5, 0.6) is 0 Å². The summed E-state index contributed by atoms with van der Waals surface area (Å²) < 4.78 is 5.18. The lowest BCUT2D eigenvalue weighted by molar-refractivity contribution is -0.104. The molecule has 1 aliphatic rings. The molecule has 0 aromatic rings. The van der Waals surface area contributed by atoms with Crippen molar-refractivity contribution in [3.8, 4) is 0 Å². The molecule has 0 radical (unpaired) electrons. The first kappa shape index (κ1) is 9.00. The van der Waals surface area contributed by atoms with E-state index in [1.807, 2.05) is 12.3 Å². The van der Waals surface area contributed by atoms with E-state index in [4.69, 9.17) is 4.74 Å². The molecule has 3 nitrogen and oxygen atoms in total. The van der Waals surface area contributed by atoms with E-state index < -0.39 is 0 Å². The van der Waals surface area contributed by atoms with Crippen molar-refractivity contribution in [2.24, 2.45) is 0 Å². The summed E-state index contributed by atoms with van der Waals surface area (Å²) in [6.07, 6.45) is 7.80. The number of ether oxygens (including phenoxy) is 1. The van der Waals surface area contributed by atoms with Crippen LogP contribution in [0, 0.1) is 0 Å². The molecule has 0 aliphatic carbocycles. The van der Waals surface area contributed by atoms with Gasteiger partial charge in [-0.05, 0) is 18.4 Å². The monoisotopic (exact) mass is 167 g/mol. The number of carbonyl (C=O) groups is 1. The minimum atomic E-state index is 0.768. The Balaban J connectivity index is 2.23. The molecule has 3 heteroatoms. The van der Waals surface area contributed by atoms with Gasteiger partial charge >= 0.3 is 0 Å². The first-order chi connectivity index (χ1) is 5.93. The van der Waals surface area contributed by atoms with Gasteiger partial charge in [0.25, 0.3) is 0 Å². The van der Waals surface area contributed by atoms with Gasteiger partial charge in [-0.2, -0.15) is 0 Å². The lowest BCUT2D eigenvalue weighted by atomic mass is 10.4. The summed E-state index contributed by atoms with van der Waals surface area (Å²) >= 11 is 0. The van der Waals surface area contributed by atoms with Gasteiger partial charge in [0.2, 0.25) is 0 Å². The third-order valence-electron chi connectivity index (χ3n) is 1.64. The summed E-state index contributed by atoms with van der Waals surface area (Å²) in [7, 11) is 0. The lowest BCUT2D eigenvalue weighted by Crippen LogP contribution is -2.31. The van der Waals surface area contributed by atoms with Gasteiger partial charge in [0.15, 0.2) is 0 Å². The van der Waals surface area contributed by atoms with Gasteiger partial charge in [0.1, 0.15) is 6.29 Å². The van der Waals surface area contributed by atoms with E-state index in [2.05, 4.69) is 4.90 Å². The molecule has 66 valence electrons. The molecule has 0 spiro atoms. The summed E-state index contributed by atoms with van der Waals surface area (Å²) in [5.74, 6) is 0. The van der Waals surface area contributed by atoms with E-state index >= 15 is 0 Å². The highest BCUT2D eigenvalue weighted by molar-refractivity contribution is 5.65. The Hall–Kier alpha value is -1.09. The maximum absolute atomic E-state index is 9.90. The Kier molecular flexibility index (Phi) is 4.16. The minimum Gasteiger partial charge on any atom is -0.378 e. The molecule has 0 aromatic carbocycles. The highest BCUT2D eigenvalue weighted by Crippen LogP contribution is 1.96. The van der Waals surface area contributed by atoms with Crippen molar-refractivity contribution in [3.63, 3.8) is 0 Å². The number of nitrogens with zero attached hydrogens (tertiary/aromatic N) is 1. The number of aldehydes is 1. The van der Waals surface area contributed by atoms with Crippen LogP contribution in [0.2, 0.25) is 0 Å². The Bertz CT molecular complexity index is 181. The second kappa shape index (κ2) is 5.55. The smallest absolute Gasteiger partial charge is 0.142 e. The molecule has 0 atom stereocenters. The molecule has 0 unspecified atom stereocenters. The van der Waals surface area contributed by atoms with Crippen LogP contribution in [-0.4, -0.2) is 37.5 Å². The van der Waals surface area contributed by atoms with Crippen LogP contribution in [0.4, 0.5) is 0 Å². The van der Waals surface area contributed by atoms with Crippen molar-refractivity contribution in [1.82, 2.24) is 4.90 Å². The number of rotatable bonds is 3. The normalized spacial score (nSPS) is 19.2. The largest absolute Gasteiger partial charge is 0.378 e. The maximum atomic E-state index is 9.90. The summed E-state index contributed by atoms with van der Waals surface area (Å²) in [6.45, 7) is 3.46. The van der Waals surface area contributed by atoms with Crippen molar-refractivity contribution in [3.05, 3.63) is 24.4 Å². The van der Waals surface area contributed by atoms with Crippen LogP contribution in [0.3, 0.4) is 0 Å². The second-order valence-corrected chi connectivity index (χ2v) is 2.51.